The lowest BCUT2D eigenvalue weighted by molar-refractivity contribution is -0.205. The highest BCUT2D eigenvalue weighted by atomic mass is 35.5. The van der Waals surface area contributed by atoms with Crippen LogP contribution in [0.1, 0.15) is 31.2 Å². The van der Waals surface area contributed by atoms with E-state index in [0.717, 1.165) is 21.2 Å². The van der Waals surface area contributed by atoms with Crippen LogP contribution in [0.2, 0.25) is 5.15 Å². The zero-order valence-corrected chi connectivity index (χ0v) is 19.7. The molecule has 0 aromatic carbocycles. The fourth-order valence-corrected chi connectivity index (χ4v) is 6.03. The van der Waals surface area contributed by atoms with Gasteiger partial charge in [0.25, 0.3) is 10.2 Å². The van der Waals surface area contributed by atoms with Gasteiger partial charge in [0.05, 0.1) is 6.54 Å². The molecule has 3 heterocycles. The van der Waals surface area contributed by atoms with Gasteiger partial charge in [-0.3, -0.25) is 4.79 Å². The van der Waals surface area contributed by atoms with Crippen LogP contribution >= 0.6 is 11.6 Å². The lowest BCUT2D eigenvalue weighted by Gasteiger charge is -2.60. The maximum atomic E-state index is 12.4. The number of aliphatic hydroxyl groups excluding tert-OH is 1. The van der Waals surface area contributed by atoms with Gasteiger partial charge in [0.2, 0.25) is 0 Å². The van der Waals surface area contributed by atoms with Crippen molar-refractivity contribution in [2.45, 2.75) is 50.9 Å². The molecule has 1 atom stereocenters. The van der Waals surface area contributed by atoms with Crippen LogP contribution < -0.4 is 10.0 Å². The van der Waals surface area contributed by atoms with Gasteiger partial charge in [-0.15, -0.1) is 0 Å². The molecule has 1 aliphatic carbocycles. The summed E-state index contributed by atoms with van der Waals surface area (Å²) in [5.74, 6) is -0.0207. The number of carbonyl (C=O) groups excluding carboxylic acids is 1. The Morgan fingerprint density at radius 2 is 2.06 bits per heavy atom. The predicted octanol–water partition coefficient (Wildman–Crippen LogP) is 1.44. The van der Waals surface area contributed by atoms with Crippen molar-refractivity contribution in [3.63, 3.8) is 0 Å². The number of nitrogens with two attached hydrogens (primary N) is 1. The molecule has 0 amide bonds. The number of hydrogen-bond donors (Lipinski definition) is 2. The second kappa shape index (κ2) is 8.59. The summed E-state index contributed by atoms with van der Waals surface area (Å²) < 4.78 is 63.9. The van der Waals surface area contributed by atoms with Gasteiger partial charge in [-0.25, -0.2) is 14.6 Å². The first kappa shape index (κ1) is 25.1. The van der Waals surface area contributed by atoms with Crippen LogP contribution in [-0.2, 0) is 15.0 Å². The second-order valence-electron chi connectivity index (χ2n) is 9.14. The predicted molar refractivity (Wildman–Crippen MR) is 117 cm³/mol. The van der Waals surface area contributed by atoms with Crippen molar-refractivity contribution in [3.05, 3.63) is 23.1 Å². The van der Waals surface area contributed by atoms with Crippen LogP contribution in [0.15, 0.2) is 12.4 Å². The van der Waals surface area contributed by atoms with Crippen molar-refractivity contribution in [2.75, 3.05) is 24.5 Å². The van der Waals surface area contributed by atoms with E-state index in [-0.39, 0.29) is 5.41 Å². The number of carbonyl (C=O) groups is 1. The van der Waals surface area contributed by atoms with E-state index in [9.17, 15) is 26.4 Å². The summed E-state index contributed by atoms with van der Waals surface area (Å²) in [4.78, 5) is 18.6. The third-order valence-electron chi connectivity index (χ3n) is 6.51. The average molecular weight is 525 g/mol. The first-order valence-electron chi connectivity index (χ1n) is 10.5. The van der Waals surface area contributed by atoms with Gasteiger partial charge in [0, 0.05) is 31.0 Å². The second-order valence-corrected chi connectivity index (χ2v) is 11.0. The van der Waals surface area contributed by atoms with Gasteiger partial charge in [-0.1, -0.05) is 11.6 Å². The van der Waals surface area contributed by atoms with E-state index in [2.05, 4.69) is 10.1 Å². The molecule has 0 bridgehead atoms. The van der Waals surface area contributed by atoms with E-state index < -0.39 is 53.7 Å². The van der Waals surface area contributed by atoms with Crippen molar-refractivity contribution in [3.8, 4) is 0 Å². The summed E-state index contributed by atoms with van der Waals surface area (Å²) >= 11 is 6.19. The first-order valence-corrected chi connectivity index (χ1v) is 12.4. The minimum atomic E-state index is -4.84. The number of halogens is 4. The molecule has 2 aromatic rings. The molecular weight excluding hydrogens is 501 g/mol. The van der Waals surface area contributed by atoms with Crippen molar-refractivity contribution in [2.24, 2.45) is 10.6 Å². The zero-order chi connectivity index (χ0) is 25.1. The van der Waals surface area contributed by atoms with Gasteiger partial charge in [0.1, 0.15) is 28.9 Å². The summed E-state index contributed by atoms with van der Waals surface area (Å²) in [5, 5.41) is 19.0. The molecule has 2 aliphatic rings. The van der Waals surface area contributed by atoms with Crippen LogP contribution in [0.3, 0.4) is 0 Å². The number of aryl methyl sites for hydroxylation is 1. The van der Waals surface area contributed by atoms with Gasteiger partial charge in [0.15, 0.2) is 5.82 Å². The molecule has 1 saturated heterocycles. The fourth-order valence-electron chi connectivity index (χ4n) is 4.85. The summed E-state index contributed by atoms with van der Waals surface area (Å²) in [6.45, 7) is 2.51. The van der Waals surface area contributed by atoms with Gasteiger partial charge < -0.3 is 10.0 Å². The van der Waals surface area contributed by atoms with Gasteiger partial charge in [-0.2, -0.15) is 31.0 Å². The van der Waals surface area contributed by atoms with Crippen LogP contribution in [0.25, 0.3) is 5.52 Å². The minimum absolute atomic E-state index is 0.171. The summed E-state index contributed by atoms with van der Waals surface area (Å²) in [6, 6.07) is 1.27. The van der Waals surface area contributed by atoms with Crippen molar-refractivity contribution < 1.29 is 31.5 Å². The van der Waals surface area contributed by atoms with E-state index >= 15 is 0 Å². The zero-order valence-electron chi connectivity index (χ0n) is 18.2. The highest BCUT2D eigenvalue weighted by Crippen LogP contribution is 2.52. The molecule has 1 saturated carbocycles. The highest BCUT2D eigenvalue weighted by Gasteiger charge is 2.56. The molecular formula is C19H24ClF3N6O4S. The largest absolute Gasteiger partial charge is 0.414 e. The van der Waals surface area contributed by atoms with Crippen LogP contribution in [0, 0.1) is 12.3 Å². The lowest BCUT2D eigenvalue weighted by Crippen LogP contribution is -2.68. The highest BCUT2D eigenvalue weighted by molar-refractivity contribution is 7.86. The summed E-state index contributed by atoms with van der Waals surface area (Å²) in [6.07, 6.45) is -6.59. The van der Waals surface area contributed by atoms with E-state index in [0.29, 0.717) is 31.1 Å². The van der Waals surface area contributed by atoms with Crippen molar-refractivity contribution >= 4 is 38.9 Å². The molecule has 1 unspecified atom stereocenters. The van der Waals surface area contributed by atoms with Crippen LogP contribution in [-0.4, -0.2) is 76.2 Å². The normalized spacial score (nSPS) is 19.5. The topological polar surface area (TPSA) is 134 Å². The molecule has 3 N–H and O–H groups in total. The van der Waals surface area contributed by atoms with E-state index in [1.54, 1.807) is 10.6 Å². The molecule has 2 aromatic heterocycles. The summed E-state index contributed by atoms with van der Waals surface area (Å²) in [5.41, 5.74) is 1.54. The first-order chi connectivity index (χ1) is 15.7. The number of hydrogen-bond acceptors (Lipinski definition) is 7. The third kappa shape index (κ3) is 4.73. The number of aliphatic hydroxyl groups is 1. The molecule has 188 valence electrons. The third-order valence-corrected chi connectivity index (χ3v) is 7.86. The Balaban J connectivity index is 1.37. The molecule has 15 heteroatoms. The Labute approximate surface area is 198 Å². The number of ketones is 1. The number of fused-ring (bicyclic) bond motifs is 1. The van der Waals surface area contributed by atoms with Crippen molar-refractivity contribution in [1.82, 2.24) is 18.9 Å². The molecule has 0 radical (unpaired) electrons. The minimum Gasteiger partial charge on any atom is -0.384 e. The van der Waals surface area contributed by atoms with Crippen LogP contribution in [0.4, 0.5) is 19.0 Å². The smallest absolute Gasteiger partial charge is 0.384 e. The number of aromatic nitrogens is 3. The molecule has 2 fully saturated rings. The summed E-state index contributed by atoms with van der Waals surface area (Å²) in [7, 11) is -4.24. The SMILES string of the molecule is Cc1cc(Cl)n2ncnc(N3CC4(CC(N(CC(=O)CCC(O)C(F)(F)F)S(N)(=O)=O)C4)C3)c12. The monoisotopic (exact) mass is 524 g/mol. The van der Waals surface area contributed by atoms with Gasteiger partial charge in [-0.05, 0) is 37.8 Å². The van der Waals surface area contributed by atoms with Gasteiger partial charge >= 0.3 is 6.18 Å². The number of alkyl halides is 3. The Hall–Kier alpha value is -2.00. The Morgan fingerprint density at radius 3 is 2.65 bits per heavy atom. The quantitative estimate of drug-likeness (QED) is 0.533. The van der Waals surface area contributed by atoms with Crippen LogP contribution in [0.5, 0.6) is 0 Å². The average Bonchev–Trinajstić information content (AvgIpc) is 2.96. The molecule has 1 aliphatic heterocycles. The Morgan fingerprint density at radius 1 is 1.41 bits per heavy atom. The van der Waals surface area contributed by atoms with E-state index in [1.807, 2.05) is 11.8 Å². The molecule has 10 nitrogen and oxygen atoms in total. The lowest BCUT2D eigenvalue weighted by atomic mass is 9.60. The maximum absolute atomic E-state index is 12.4. The number of anilines is 1. The molecule has 34 heavy (non-hydrogen) atoms. The Kier molecular flexibility index (Phi) is 6.34. The molecule has 1 spiro atoms. The van der Waals surface area contributed by atoms with E-state index in [4.69, 9.17) is 21.8 Å². The standard InChI is InChI=1S/C19H24ClF3N6O4S/c1-11-4-15(20)29-16(11)17(25-10-26-29)27-8-18(9-27)5-12(6-18)28(34(24,32)33)7-13(30)2-3-14(31)19(21,22)23/h4,10,12,14,31H,2-3,5-9H2,1H3,(H2,24,32,33). The number of Topliss-reactive ketones (excluding diaryl/α,β-unsaturated/α-hetero) is 1. The number of rotatable bonds is 8. The maximum Gasteiger partial charge on any atom is 0.414 e. The molecule has 4 rings (SSSR count). The Bertz CT molecular complexity index is 1210. The van der Waals surface area contributed by atoms with E-state index in [1.165, 1.54) is 6.33 Å². The fraction of sp³-hybridized carbons (Fsp3) is 0.632. The van der Waals surface area contributed by atoms with Crippen molar-refractivity contribution in [1.29, 1.82) is 0 Å². The number of nitrogens with zero attached hydrogens (tertiary/aromatic N) is 5.